The first-order chi connectivity index (χ1) is 6.70. The highest BCUT2D eigenvalue weighted by Gasteiger charge is 2.22. The fourth-order valence-corrected chi connectivity index (χ4v) is 1.42. The van der Waals surface area contributed by atoms with E-state index in [9.17, 15) is 13.2 Å². The zero-order valence-electron chi connectivity index (χ0n) is 9.57. The maximum absolute atomic E-state index is 11.6. The van der Waals surface area contributed by atoms with Gasteiger partial charge in [0.2, 0.25) is 10.0 Å². The van der Waals surface area contributed by atoms with Gasteiger partial charge in [0.05, 0.1) is 12.3 Å². The molecule has 5 nitrogen and oxygen atoms in total. The Hall–Kier alpha value is -0.720. The molecule has 1 N–H and O–H groups in total. The van der Waals surface area contributed by atoms with Gasteiger partial charge >= 0.3 is 0 Å². The van der Waals surface area contributed by atoms with Crippen LogP contribution in [0, 0.1) is 0 Å². The van der Waals surface area contributed by atoms with Crippen LogP contribution in [-0.4, -0.2) is 51.4 Å². The Kier molecular flexibility index (Phi) is 5.13. The number of nitrogens with one attached hydrogen (secondary N) is 1. The number of carbonyl (C=O) groups excluding carboxylic acids is 1. The lowest BCUT2D eigenvalue weighted by atomic mass is 10.1. The lowest BCUT2D eigenvalue weighted by Gasteiger charge is -2.21. The van der Waals surface area contributed by atoms with Gasteiger partial charge in [0.25, 0.3) is 0 Å². The topological polar surface area (TPSA) is 66.5 Å². The molecule has 0 bridgehead atoms. The molecule has 0 aromatic rings. The number of hydrogen-bond acceptors (Lipinski definition) is 4. The minimum absolute atomic E-state index is 0.112. The van der Waals surface area contributed by atoms with Gasteiger partial charge in [-0.2, -0.15) is 0 Å². The average molecular weight is 234 g/mol. The third kappa shape index (κ3) is 4.55. The van der Waals surface area contributed by atoms with Crippen molar-refractivity contribution in [2.45, 2.75) is 13.0 Å². The minimum atomic E-state index is -3.26. The Morgan fingerprint density at radius 1 is 1.53 bits per heavy atom. The zero-order valence-corrected chi connectivity index (χ0v) is 10.4. The lowest BCUT2D eigenvalue weighted by Crippen LogP contribution is -2.45. The number of sulfonamides is 1. The summed E-state index contributed by atoms with van der Waals surface area (Å²) in [6.07, 6.45) is 1.10. The highest BCUT2D eigenvalue weighted by atomic mass is 32.2. The number of rotatable bonds is 6. The van der Waals surface area contributed by atoms with Gasteiger partial charge in [-0.1, -0.05) is 6.58 Å². The van der Waals surface area contributed by atoms with Gasteiger partial charge in [-0.05, 0) is 19.5 Å². The molecule has 88 valence electrons. The van der Waals surface area contributed by atoms with Crippen LogP contribution in [0.15, 0.2) is 12.2 Å². The summed E-state index contributed by atoms with van der Waals surface area (Å²) in [5.74, 6) is -0.173. The van der Waals surface area contributed by atoms with Crippen molar-refractivity contribution in [2.75, 3.05) is 26.9 Å². The maximum Gasteiger partial charge on any atom is 0.211 e. The molecule has 0 aromatic heterocycles. The normalized spacial score (nSPS) is 13.9. The van der Waals surface area contributed by atoms with Crippen LogP contribution in [0.5, 0.6) is 0 Å². The van der Waals surface area contributed by atoms with E-state index in [4.69, 9.17) is 0 Å². The summed E-state index contributed by atoms with van der Waals surface area (Å²) in [5, 5.41) is 2.77. The highest BCUT2D eigenvalue weighted by molar-refractivity contribution is 7.88. The molecule has 0 aliphatic heterocycles. The third-order valence-corrected chi connectivity index (χ3v) is 3.37. The van der Waals surface area contributed by atoms with Crippen molar-refractivity contribution in [1.82, 2.24) is 9.62 Å². The summed E-state index contributed by atoms with van der Waals surface area (Å²) < 4.78 is 23.4. The van der Waals surface area contributed by atoms with Crippen molar-refractivity contribution in [1.29, 1.82) is 0 Å². The average Bonchev–Trinajstić information content (AvgIpc) is 2.10. The molecular formula is C9H18N2O3S. The number of Topliss-reactive ketones (excluding diaryl/α,β-unsaturated/α-hetero) is 1. The van der Waals surface area contributed by atoms with Crippen molar-refractivity contribution in [2.24, 2.45) is 0 Å². The molecule has 0 aliphatic carbocycles. The third-order valence-electron chi connectivity index (χ3n) is 2.09. The molecule has 15 heavy (non-hydrogen) atoms. The van der Waals surface area contributed by atoms with Crippen molar-refractivity contribution in [3.05, 3.63) is 12.2 Å². The van der Waals surface area contributed by atoms with E-state index in [1.165, 1.54) is 7.05 Å². The summed E-state index contributed by atoms with van der Waals surface area (Å²) in [4.78, 5) is 11.6. The van der Waals surface area contributed by atoms with Crippen LogP contribution in [0.25, 0.3) is 0 Å². The first-order valence-corrected chi connectivity index (χ1v) is 6.33. The van der Waals surface area contributed by atoms with E-state index in [1.54, 1.807) is 14.0 Å². The van der Waals surface area contributed by atoms with E-state index >= 15 is 0 Å². The molecular weight excluding hydrogens is 216 g/mol. The predicted octanol–water partition coefficient (Wildman–Crippen LogP) is -0.389. The Balaban J connectivity index is 4.62. The van der Waals surface area contributed by atoms with E-state index < -0.39 is 16.1 Å². The molecule has 0 amide bonds. The Bertz CT molecular complexity index is 348. The van der Waals surface area contributed by atoms with Gasteiger partial charge < -0.3 is 5.32 Å². The Morgan fingerprint density at radius 2 is 2.00 bits per heavy atom. The second-order valence-corrected chi connectivity index (χ2v) is 5.62. The molecule has 0 radical (unpaired) electrons. The zero-order chi connectivity index (χ0) is 12.2. The second kappa shape index (κ2) is 5.39. The van der Waals surface area contributed by atoms with Crippen LogP contribution >= 0.6 is 0 Å². The summed E-state index contributed by atoms with van der Waals surface area (Å²) in [7, 11) is -0.207. The Labute approximate surface area is 91.2 Å². The monoisotopic (exact) mass is 234 g/mol. The highest BCUT2D eigenvalue weighted by Crippen LogP contribution is 2.01. The molecule has 0 aromatic carbocycles. The van der Waals surface area contributed by atoms with Crippen LogP contribution < -0.4 is 5.32 Å². The molecule has 0 fully saturated rings. The second-order valence-electron chi connectivity index (χ2n) is 3.53. The summed E-state index contributed by atoms with van der Waals surface area (Å²) in [5.41, 5.74) is 0.413. The SMILES string of the molecule is C=C(C)C(=O)C(CN(C)S(C)(=O)=O)NC. The van der Waals surface area contributed by atoms with Crippen LogP contribution in [0.4, 0.5) is 0 Å². The summed E-state index contributed by atoms with van der Waals surface area (Å²) in [6.45, 7) is 5.25. The quantitative estimate of drug-likeness (QED) is 0.636. The van der Waals surface area contributed by atoms with Crippen molar-refractivity contribution in [3.63, 3.8) is 0 Å². The van der Waals surface area contributed by atoms with Crippen molar-refractivity contribution in [3.8, 4) is 0 Å². The van der Waals surface area contributed by atoms with E-state index in [0.717, 1.165) is 10.6 Å². The fourth-order valence-electron chi connectivity index (χ4n) is 0.995. The largest absolute Gasteiger partial charge is 0.309 e. The molecule has 0 saturated carbocycles. The molecule has 0 spiro atoms. The van der Waals surface area contributed by atoms with Gasteiger partial charge in [0.1, 0.15) is 0 Å². The van der Waals surface area contributed by atoms with Crippen molar-refractivity contribution >= 4 is 15.8 Å². The predicted molar refractivity (Wildman–Crippen MR) is 60.1 cm³/mol. The van der Waals surface area contributed by atoms with E-state index in [1.807, 2.05) is 0 Å². The number of likely N-dealkylation sites (N-methyl/N-ethyl adjacent to an activating group) is 2. The standard InChI is InChI=1S/C9H18N2O3S/c1-7(2)9(12)8(10-3)6-11(4)15(5,13)14/h8,10H,1,6H2,2-5H3. The van der Waals surface area contributed by atoms with Crippen molar-refractivity contribution < 1.29 is 13.2 Å². The number of ketones is 1. The van der Waals surface area contributed by atoms with Gasteiger partial charge in [-0.25, -0.2) is 12.7 Å². The van der Waals surface area contributed by atoms with Crippen LogP contribution in [0.3, 0.4) is 0 Å². The summed E-state index contributed by atoms with van der Waals surface area (Å²) in [6, 6.07) is -0.540. The van der Waals surface area contributed by atoms with E-state index in [0.29, 0.717) is 5.57 Å². The molecule has 1 atom stereocenters. The molecule has 0 saturated heterocycles. The van der Waals surface area contributed by atoms with Crippen LogP contribution in [0.1, 0.15) is 6.92 Å². The smallest absolute Gasteiger partial charge is 0.211 e. The molecule has 0 rings (SSSR count). The van der Waals surface area contributed by atoms with E-state index in [2.05, 4.69) is 11.9 Å². The van der Waals surface area contributed by atoms with Crippen LogP contribution in [0.2, 0.25) is 0 Å². The molecule has 6 heteroatoms. The van der Waals surface area contributed by atoms with Gasteiger partial charge in [-0.15, -0.1) is 0 Å². The maximum atomic E-state index is 11.6. The van der Waals surface area contributed by atoms with Crippen LogP contribution in [-0.2, 0) is 14.8 Å². The first-order valence-electron chi connectivity index (χ1n) is 4.48. The van der Waals surface area contributed by atoms with E-state index in [-0.39, 0.29) is 12.3 Å². The summed E-state index contributed by atoms with van der Waals surface area (Å²) >= 11 is 0. The molecule has 0 heterocycles. The molecule has 1 unspecified atom stereocenters. The minimum Gasteiger partial charge on any atom is -0.309 e. The van der Waals surface area contributed by atoms with Gasteiger partial charge in [-0.3, -0.25) is 4.79 Å². The number of nitrogens with zero attached hydrogens (tertiary/aromatic N) is 1. The number of carbonyl (C=O) groups is 1. The fraction of sp³-hybridized carbons (Fsp3) is 0.667. The van der Waals surface area contributed by atoms with Gasteiger partial charge in [0.15, 0.2) is 5.78 Å². The number of hydrogen-bond donors (Lipinski definition) is 1. The van der Waals surface area contributed by atoms with Gasteiger partial charge in [0, 0.05) is 13.6 Å². The molecule has 0 aliphatic rings. The first kappa shape index (κ1) is 14.3. The lowest BCUT2D eigenvalue weighted by molar-refractivity contribution is -0.117. The Morgan fingerprint density at radius 3 is 2.27 bits per heavy atom.